The zero-order valence-corrected chi connectivity index (χ0v) is 11.8. The number of anilines is 1. The van der Waals surface area contributed by atoms with E-state index in [0.29, 0.717) is 0 Å². The number of benzene rings is 1. The smallest absolute Gasteiger partial charge is 0.269 e. The highest BCUT2D eigenvalue weighted by molar-refractivity contribution is 9.11. The summed E-state index contributed by atoms with van der Waals surface area (Å²) < 4.78 is 0.572. The molecule has 1 heterocycles. The number of hydrogen-bond donors (Lipinski definition) is 0. The molecule has 0 atom stereocenters. The lowest BCUT2D eigenvalue weighted by Gasteiger charge is -2.17. The quantitative estimate of drug-likeness (QED) is 0.452. The molecule has 8 heteroatoms. The van der Waals surface area contributed by atoms with Gasteiger partial charge in [-0.25, -0.2) is 4.90 Å². The molecular formula is C10H4Br2N2O4. The van der Waals surface area contributed by atoms with Crippen LogP contribution in [0.25, 0.3) is 0 Å². The highest BCUT2D eigenvalue weighted by Crippen LogP contribution is 2.38. The zero-order chi connectivity index (χ0) is 13.4. The van der Waals surface area contributed by atoms with Crippen LogP contribution in [0.5, 0.6) is 0 Å². The van der Waals surface area contributed by atoms with Crippen molar-refractivity contribution in [2.24, 2.45) is 0 Å². The molecule has 0 bridgehead atoms. The summed E-state index contributed by atoms with van der Waals surface area (Å²) in [5.74, 6) is -0.981. The van der Waals surface area contributed by atoms with Gasteiger partial charge in [0.2, 0.25) is 0 Å². The van der Waals surface area contributed by atoms with Gasteiger partial charge >= 0.3 is 0 Å². The van der Waals surface area contributed by atoms with Crippen molar-refractivity contribution in [3.05, 3.63) is 43.3 Å². The number of nitro benzene ring substituents is 1. The topological polar surface area (TPSA) is 80.5 Å². The molecule has 0 saturated carbocycles. The second-order valence-electron chi connectivity index (χ2n) is 3.36. The highest BCUT2D eigenvalue weighted by atomic mass is 79.9. The largest absolute Gasteiger partial charge is 0.271 e. The summed E-state index contributed by atoms with van der Waals surface area (Å²) in [6, 6.07) is 2.47. The molecule has 6 nitrogen and oxygen atoms in total. The fourth-order valence-electron chi connectivity index (χ4n) is 1.49. The molecule has 1 aromatic rings. The maximum atomic E-state index is 11.6. The minimum absolute atomic E-state index is 0.149. The van der Waals surface area contributed by atoms with E-state index in [1.807, 2.05) is 0 Å². The number of imide groups is 1. The maximum Gasteiger partial charge on any atom is 0.271 e. The van der Waals surface area contributed by atoms with E-state index < -0.39 is 16.7 Å². The van der Waals surface area contributed by atoms with Crippen molar-refractivity contribution in [1.82, 2.24) is 0 Å². The number of nitro groups is 1. The third-order valence-electron chi connectivity index (χ3n) is 2.25. The molecule has 18 heavy (non-hydrogen) atoms. The van der Waals surface area contributed by atoms with Crippen LogP contribution in [0.2, 0.25) is 0 Å². The molecule has 0 radical (unpaired) electrons. The minimum atomic E-state index is -0.564. The summed E-state index contributed by atoms with van der Waals surface area (Å²) >= 11 is 6.25. The van der Waals surface area contributed by atoms with Gasteiger partial charge in [0.1, 0.15) is 0 Å². The van der Waals surface area contributed by atoms with Crippen LogP contribution in [0, 0.1) is 10.1 Å². The van der Waals surface area contributed by atoms with Crippen LogP contribution in [-0.2, 0) is 9.59 Å². The summed E-state index contributed by atoms with van der Waals surface area (Å²) in [7, 11) is 0. The Kier molecular flexibility index (Phi) is 3.31. The zero-order valence-electron chi connectivity index (χ0n) is 8.59. The Morgan fingerprint density at radius 2 is 1.50 bits per heavy atom. The predicted octanol–water partition coefficient (Wildman–Crippen LogP) is 2.55. The van der Waals surface area contributed by atoms with Crippen LogP contribution in [0.15, 0.2) is 33.2 Å². The van der Waals surface area contributed by atoms with E-state index in [0.717, 1.165) is 17.1 Å². The van der Waals surface area contributed by atoms with E-state index in [4.69, 9.17) is 0 Å². The summed E-state index contributed by atoms with van der Waals surface area (Å²) in [6.45, 7) is 0. The number of nitrogens with zero attached hydrogens (tertiary/aromatic N) is 2. The van der Waals surface area contributed by atoms with E-state index in [9.17, 15) is 19.7 Å². The second-order valence-corrected chi connectivity index (χ2v) is 5.07. The Labute approximate surface area is 118 Å². The van der Waals surface area contributed by atoms with Crippen LogP contribution in [0.4, 0.5) is 11.4 Å². The van der Waals surface area contributed by atoms with Gasteiger partial charge in [-0.1, -0.05) is 0 Å². The van der Waals surface area contributed by atoms with Gasteiger partial charge in [0.05, 0.1) is 10.6 Å². The van der Waals surface area contributed by atoms with Crippen molar-refractivity contribution in [2.75, 3.05) is 4.90 Å². The molecule has 0 spiro atoms. The van der Waals surface area contributed by atoms with Crippen LogP contribution in [0.1, 0.15) is 0 Å². The second kappa shape index (κ2) is 4.62. The minimum Gasteiger partial charge on any atom is -0.269 e. The molecule has 0 unspecified atom stereocenters. The maximum absolute atomic E-state index is 11.6. The first-order chi connectivity index (χ1) is 8.41. The number of amides is 2. The lowest BCUT2D eigenvalue weighted by atomic mass is 10.2. The van der Waals surface area contributed by atoms with Gasteiger partial charge in [0.25, 0.3) is 17.5 Å². The Bertz CT molecular complexity index is 571. The van der Waals surface area contributed by atoms with Gasteiger partial charge in [-0.05, 0) is 31.9 Å². The van der Waals surface area contributed by atoms with Crippen LogP contribution >= 0.6 is 31.9 Å². The highest BCUT2D eigenvalue weighted by Gasteiger charge is 2.30. The van der Waals surface area contributed by atoms with E-state index >= 15 is 0 Å². The van der Waals surface area contributed by atoms with Crippen molar-refractivity contribution >= 4 is 55.0 Å². The SMILES string of the molecule is O=C1C=CC(=O)N1c1c(Br)cc([N+](=O)[O-])cc1Br. The molecule has 0 fully saturated rings. The Morgan fingerprint density at radius 3 is 1.89 bits per heavy atom. The number of halogens is 2. The lowest BCUT2D eigenvalue weighted by Crippen LogP contribution is -2.30. The van der Waals surface area contributed by atoms with Gasteiger partial charge in [0, 0.05) is 33.2 Å². The summed E-state index contributed by atoms with van der Waals surface area (Å²) in [5, 5.41) is 10.7. The number of carbonyl (C=O) groups excluding carboxylic acids is 2. The summed E-state index contributed by atoms with van der Waals surface area (Å²) in [6.07, 6.45) is 2.28. The third-order valence-corrected chi connectivity index (χ3v) is 3.45. The van der Waals surface area contributed by atoms with Crippen molar-refractivity contribution in [3.8, 4) is 0 Å². The molecule has 0 aliphatic carbocycles. The third kappa shape index (κ3) is 2.08. The van der Waals surface area contributed by atoms with E-state index in [1.165, 1.54) is 12.1 Å². The number of rotatable bonds is 2. The van der Waals surface area contributed by atoms with Crippen molar-refractivity contribution in [2.45, 2.75) is 0 Å². The first kappa shape index (κ1) is 12.9. The molecule has 2 rings (SSSR count). The molecule has 0 saturated heterocycles. The lowest BCUT2D eigenvalue weighted by molar-refractivity contribution is -0.385. The average Bonchev–Trinajstić information content (AvgIpc) is 2.59. The van der Waals surface area contributed by atoms with Gasteiger partial charge < -0.3 is 0 Å². The van der Waals surface area contributed by atoms with Crippen LogP contribution < -0.4 is 4.90 Å². The number of hydrogen-bond acceptors (Lipinski definition) is 4. The van der Waals surface area contributed by atoms with Crippen molar-refractivity contribution < 1.29 is 14.5 Å². The molecule has 1 aliphatic rings. The molecule has 0 N–H and O–H groups in total. The summed E-state index contributed by atoms with van der Waals surface area (Å²) in [5.41, 5.74) is 0.102. The Balaban J connectivity index is 2.56. The van der Waals surface area contributed by atoms with Crippen molar-refractivity contribution in [3.63, 3.8) is 0 Å². The Morgan fingerprint density at radius 1 is 1.06 bits per heavy atom. The van der Waals surface area contributed by atoms with Crippen LogP contribution in [-0.4, -0.2) is 16.7 Å². The van der Waals surface area contributed by atoms with Gasteiger partial charge in [-0.3, -0.25) is 19.7 Å². The molecule has 2 amide bonds. The summed E-state index contributed by atoms with van der Waals surface area (Å²) in [4.78, 5) is 34.1. The van der Waals surface area contributed by atoms with Gasteiger partial charge in [0.15, 0.2) is 0 Å². The normalized spacial score (nSPS) is 14.4. The Hall–Kier alpha value is -1.54. The standard InChI is InChI=1S/C10H4Br2N2O4/c11-6-3-5(14(17)18)4-7(12)10(6)13-8(15)1-2-9(13)16/h1-4H. The molecule has 1 aliphatic heterocycles. The predicted molar refractivity (Wildman–Crippen MR) is 70.1 cm³/mol. The molecule has 1 aromatic carbocycles. The molecular weight excluding hydrogens is 372 g/mol. The van der Waals surface area contributed by atoms with E-state index in [-0.39, 0.29) is 20.3 Å². The molecule has 92 valence electrons. The average molecular weight is 376 g/mol. The monoisotopic (exact) mass is 374 g/mol. The molecule has 0 aromatic heterocycles. The van der Waals surface area contributed by atoms with Gasteiger partial charge in [-0.15, -0.1) is 0 Å². The van der Waals surface area contributed by atoms with Crippen molar-refractivity contribution in [1.29, 1.82) is 0 Å². The first-order valence-corrected chi connectivity index (χ1v) is 6.20. The fourth-order valence-corrected chi connectivity index (χ4v) is 3.01. The van der Waals surface area contributed by atoms with E-state index in [1.54, 1.807) is 0 Å². The van der Waals surface area contributed by atoms with E-state index in [2.05, 4.69) is 31.9 Å². The van der Waals surface area contributed by atoms with Crippen LogP contribution in [0.3, 0.4) is 0 Å². The number of carbonyl (C=O) groups is 2. The van der Waals surface area contributed by atoms with Gasteiger partial charge in [-0.2, -0.15) is 0 Å². The fraction of sp³-hybridized carbons (Fsp3) is 0. The number of non-ortho nitro benzene ring substituents is 1. The first-order valence-electron chi connectivity index (χ1n) is 4.61.